The van der Waals surface area contributed by atoms with Gasteiger partial charge in [-0.3, -0.25) is 37.3 Å². The van der Waals surface area contributed by atoms with Crippen LogP contribution < -0.4 is 0 Å². The van der Waals surface area contributed by atoms with E-state index in [0.29, 0.717) is 25.7 Å². The van der Waals surface area contributed by atoms with Crippen molar-refractivity contribution in [1.29, 1.82) is 0 Å². The van der Waals surface area contributed by atoms with Crippen molar-refractivity contribution in [2.75, 3.05) is 39.6 Å². The quantitative estimate of drug-likeness (QED) is 0.0169. The van der Waals surface area contributed by atoms with Crippen molar-refractivity contribution in [2.24, 2.45) is 5.92 Å². The lowest BCUT2D eigenvalue weighted by Crippen LogP contribution is -2.30. The number of carbonyl (C=O) groups is 4. The molecule has 0 aromatic carbocycles. The summed E-state index contributed by atoms with van der Waals surface area (Å²) in [6.07, 6.45) is 41.5. The first-order valence-electron chi connectivity index (χ1n) is 32.0. The zero-order chi connectivity index (χ0) is 59.9. The molecule has 0 aliphatic heterocycles. The second-order valence-corrected chi connectivity index (χ2v) is 25.1. The minimum atomic E-state index is -4.95. The Labute approximate surface area is 491 Å². The minimum absolute atomic E-state index is 0.0843. The number of ether oxygens (including phenoxy) is 4. The fourth-order valence-corrected chi connectivity index (χ4v) is 10.3. The molecule has 0 amide bonds. The summed E-state index contributed by atoms with van der Waals surface area (Å²) >= 11 is 0. The third-order valence-electron chi connectivity index (χ3n) is 13.7. The number of esters is 4. The molecular formula is C62H116O17P2. The molecule has 0 aliphatic carbocycles. The van der Waals surface area contributed by atoms with Gasteiger partial charge in [-0.1, -0.05) is 232 Å². The van der Waals surface area contributed by atoms with Crippen LogP contribution in [0.25, 0.3) is 0 Å². The van der Waals surface area contributed by atoms with E-state index in [9.17, 15) is 43.2 Å². The number of carbonyl (C=O) groups excluding carboxylic acids is 4. The van der Waals surface area contributed by atoms with E-state index < -0.39 is 97.5 Å². The highest BCUT2D eigenvalue weighted by molar-refractivity contribution is 7.47. The number of unbranched alkanes of at least 4 members (excludes halogenated alkanes) is 29. The van der Waals surface area contributed by atoms with Crippen LogP contribution in [-0.2, 0) is 65.4 Å². The summed E-state index contributed by atoms with van der Waals surface area (Å²) in [6.45, 7) is 6.98. The molecule has 3 N–H and O–H groups in total. The maximum atomic E-state index is 12.9. The fourth-order valence-electron chi connectivity index (χ4n) is 8.69. The van der Waals surface area contributed by atoms with Gasteiger partial charge in [0.15, 0.2) is 12.2 Å². The summed E-state index contributed by atoms with van der Waals surface area (Å²) in [5.41, 5.74) is 0. The molecule has 19 heteroatoms. The highest BCUT2D eigenvalue weighted by Gasteiger charge is 2.30. The molecule has 0 spiro atoms. The molecule has 0 fully saturated rings. The Morgan fingerprint density at radius 1 is 0.383 bits per heavy atom. The Hall–Kier alpha value is -2.46. The first-order chi connectivity index (χ1) is 39.0. The number of aliphatic hydroxyl groups excluding tert-OH is 1. The van der Waals surface area contributed by atoms with Crippen LogP contribution in [0.5, 0.6) is 0 Å². The number of hydrogen-bond acceptors (Lipinski definition) is 15. The molecule has 0 bridgehead atoms. The second kappa shape index (κ2) is 55.4. The Balaban J connectivity index is 5.22. The molecule has 0 aromatic rings. The molecule has 17 nitrogen and oxygen atoms in total. The Kier molecular flexibility index (Phi) is 53.7. The molecule has 0 rings (SSSR count). The van der Waals surface area contributed by atoms with Crippen molar-refractivity contribution >= 4 is 39.5 Å². The topological polar surface area (TPSA) is 237 Å². The number of hydrogen-bond donors (Lipinski definition) is 3. The molecule has 2 unspecified atom stereocenters. The largest absolute Gasteiger partial charge is 0.472 e. The van der Waals surface area contributed by atoms with Gasteiger partial charge in [-0.25, -0.2) is 9.13 Å². The summed E-state index contributed by atoms with van der Waals surface area (Å²) in [5.74, 6) is -1.45. The van der Waals surface area contributed by atoms with Crippen LogP contribution in [0.15, 0.2) is 24.3 Å². The molecule has 0 saturated carbocycles. The van der Waals surface area contributed by atoms with Crippen LogP contribution in [0.4, 0.5) is 0 Å². The fraction of sp³-hybridized carbons (Fsp3) is 0.871. The maximum absolute atomic E-state index is 12.9. The normalized spacial score (nSPS) is 14.5. The van der Waals surface area contributed by atoms with Crippen LogP contribution in [0.2, 0.25) is 0 Å². The summed E-state index contributed by atoms with van der Waals surface area (Å²) in [5, 5.41) is 10.5. The zero-order valence-corrected chi connectivity index (χ0v) is 53.2. The molecule has 0 heterocycles. The smallest absolute Gasteiger partial charge is 0.462 e. The van der Waals surface area contributed by atoms with E-state index in [4.69, 9.17) is 37.0 Å². The lowest BCUT2D eigenvalue weighted by Gasteiger charge is -2.21. The molecule has 0 aliphatic rings. The van der Waals surface area contributed by atoms with E-state index in [0.717, 1.165) is 121 Å². The van der Waals surface area contributed by atoms with Gasteiger partial charge in [-0.15, -0.1) is 0 Å². The van der Waals surface area contributed by atoms with Crippen LogP contribution >= 0.6 is 15.6 Å². The highest BCUT2D eigenvalue weighted by Crippen LogP contribution is 2.45. The third-order valence-corrected chi connectivity index (χ3v) is 15.6. The first kappa shape index (κ1) is 78.5. The Morgan fingerprint density at radius 2 is 0.667 bits per heavy atom. The van der Waals surface area contributed by atoms with Gasteiger partial charge in [0, 0.05) is 25.7 Å². The van der Waals surface area contributed by atoms with Crippen LogP contribution in [-0.4, -0.2) is 96.7 Å². The average molecular weight is 1200 g/mol. The number of rotatable bonds is 60. The SMILES string of the molecule is CCCCCC/C=C\C=C/CCCCCCCC(=O)O[C@H](COC(=O)CCCCCCCCCCC(C)C)COP(=O)(O)OC[C@@H](O)COP(=O)(O)OC[C@@H](COC(=O)CCCCCCC)OC(=O)CCCCCCCCCCCC. The predicted molar refractivity (Wildman–Crippen MR) is 321 cm³/mol. The van der Waals surface area contributed by atoms with Crippen LogP contribution in [0.3, 0.4) is 0 Å². The van der Waals surface area contributed by atoms with Crippen molar-refractivity contribution in [1.82, 2.24) is 0 Å². The van der Waals surface area contributed by atoms with E-state index >= 15 is 0 Å². The summed E-state index contributed by atoms with van der Waals surface area (Å²) in [6, 6.07) is 0. The number of aliphatic hydroxyl groups is 1. The van der Waals surface area contributed by atoms with Gasteiger partial charge in [-0.05, 0) is 57.3 Å². The minimum Gasteiger partial charge on any atom is -0.462 e. The Bertz CT molecular complexity index is 1680. The van der Waals surface area contributed by atoms with E-state index in [1.807, 2.05) is 0 Å². The van der Waals surface area contributed by atoms with E-state index in [-0.39, 0.29) is 25.7 Å². The summed E-state index contributed by atoms with van der Waals surface area (Å²) in [4.78, 5) is 71.8. The predicted octanol–water partition coefficient (Wildman–Crippen LogP) is 16.6. The lowest BCUT2D eigenvalue weighted by molar-refractivity contribution is -0.161. The van der Waals surface area contributed by atoms with Crippen molar-refractivity contribution in [3.05, 3.63) is 24.3 Å². The van der Waals surface area contributed by atoms with Gasteiger partial charge in [-0.2, -0.15) is 0 Å². The van der Waals surface area contributed by atoms with E-state index in [1.165, 1.54) is 83.5 Å². The van der Waals surface area contributed by atoms with Gasteiger partial charge in [0.05, 0.1) is 26.4 Å². The summed E-state index contributed by atoms with van der Waals surface area (Å²) in [7, 11) is -9.88. The Morgan fingerprint density at radius 3 is 1.01 bits per heavy atom. The second-order valence-electron chi connectivity index (χ2n) is 22.2. The van der Waals surface area contributed by atoms with Crippen LogP contribution in [0, 0.1) is 5.92 Å². The molecule has 0 radical (unpaired) electrons. The van der Waals surface area contributed by atoms with E-state index in [1.54, 1.807) is 0 Å². The van der Waals surface area contributed by atoms with Crippen molar-refractivity contribution in [3.63, 3.8) is 0 Å². The van der Waals surface area contributed by atoms with Gasteiger partial charge in [0.2, 0.25) is 0 Å². The molecular weight excluding hydrogens is 1080 g/mol. The standard InChI is InChI=1S/C62H116O17P2/c1-6-9-12-15-17-19-21-22-23-24-25-27-33-38-43-48-62(67)79-58(52-73-60(65)46-41-36-31-29-28-30-35-39-44-55(4)5)54-77-81(70,71)75-50-56(63)49-74-80(68,69)76-53-57(51-72-59(64)45-40-34-14-11-8-3)78-61(66)47-42-37-32-26-20-18-16-13-10-7-2/h19,21-23,55-58,63H,6-18,20,24-54H2,1-5H3,(H,68,69)(H,70,71)/b21-19-,23-22-/t56-,57+,58+/m0/s1. The maximum Gasteiger partial charge on any atom is 0.472 e. The summed E-state index contributed by atoms with van der Waals surface area (Å²) < 4.78 is 67.6. The van der Waals surface area contributed by atoms with Crippen molar-refractivity contribution < 1.29 is 80.2 Å². The molecule has 81 heavy (non-hydrogen) atoms. The van der Waals surface area contributed by atoms with Gasteiger partial charge >= 0.3 is 39.5 Å². The van der Waals surface area contributed by atoms with Crippen LogP contribution in [0.1, 0.15) is 285 Å². The molecule has 5 atom stereocenters. The average Bonchev–Trinajstić information content (AvgIpc) is 3.43. The lowest BCUT2D eigenvalue weighted by atomic mass is 10.0. The van der Waals surface area contributed by atoms with E-state index in [2.05, 4.69) is 58.9 Å². The molecule has 0 saturated heterocycles. The number of phosphoric acid groups is 2. The van der Waals surface area contributed by atoms with Gasteiger partial charge in [0.1, 0.15) is 19.3 Å². The molecule has 476 valence electrons. The third kappa shape index (κ3) is 56.4. The number of allylic oxidation sites excluding steroid dienone is 4. The monoisotopic (exact) mass is 1190 g/mol. The van der Waals surface area contributed by atoms with Crippen molar-refractivity contribution in [3.8, 4) is 0 Å². The molecule has 0 aromatic heterocycles. The van der Waals surface area contributed by atoms with Gasteiger partial charge < -0.3 is 33.8 Å². The highest BCUT2D eigenvalue weighted by atomic mass is 31.2. The zero-order valence-electron chi connectivity index (χ0n) is 51.4. The van der Waals surface area contributed by atoms with Gasteiger partial charge in [0.25, 0.3) is 0 Å². The number of phosphoric ester groups is 2. The first-order valence-corrected chi connectivity index (χ1v) is 34.9. The van der Waals surface area contributed by atoms with Crippen molar-refractivity contribution in [2.45, 2.75) is 303 Å².